The predicted molar refractivity (Wildman–Crippen MR) is 100 cm³/mol. The number of hydrogen-bond donors (Lipinski definition) is 1. The fourth-order valence-electron chi connectivity index (χ4n) is 2.10. The van der Waals surface area contributed by atoms with Crippen LogP contribution in [0.1, 0.15) is 6.92 Å². The van der Waals surface area contributed by atoms with Gasteiger partial charge in [-0.3, -0.25) is 19.5 Å². The Hall–Kier alpha value is -2.52. The van der Waals surface area contributed by atoms with Gasteiger partial charge in [-0.05, 0) is 24.4 Å². The van der Waals surface area contributed by atoms with Crippen LogP contribution < -0.4 is 10.9 Å². The Balaban J connectivity index is 1.86. The third-order valence-corrected chi connectivity index (χ3v) is 5.21. The number of nitrogens with one attached hydrogen (secondary N) is 1. The molecule has 1 unspecified atom stereocenters. The van der Waals surface area contributed by atoms with Gasteiger partial charge in [-0.1, -0.05) is 17.8 Å². The van der Waals surface area contributed by atoms with Gasteiger partial charge >= 0.3 is 0 Å². The molecule has 0 aliphatic heterocycles. The highest BCUT2D eigenvalue weighted by molar-refractivity contribution is 8.00. The van der Waals surface area contributed by atoms with Crippen LogP contribution in [0.25, 0.3) is 10.2 Å². The standard InChI is InChI=1S/C16H15N5O2S2/c1-3-8-21-14(23)11-5-9-24-13(11)20-16(21)25-10(2)12(22)19-15-17-6-4-7-18-15/h3-7,9-10H,1,8H2,2H3,(H,17,18,19,22). The zero-order chi connectivity index (χ0) is 17.8. The molecule has 1 atom stereocenters. The highest BCUT2D eigenvalue weighted by Gasteiger charge is 2.20. The highest BCUT2D eigenvalue weighted by Crippen LogP contribution is 2.25. The molecule has 0 spiro atoms. The largest absolute Gasteiger partial charge is 0.294 e. The first kappa shape index (κ1) is 17.3. The monoisotopic (exact) mass is 373 g/mol. The number of nitrogens with zero attached hydrogens (tertiary/aromatic N) is 4. The van der Waals surface area contributed by atoms with E-state index in [1.54, 1.807) is 37.5 Å². The number of carbonyl (C=O) groups is 1. The van der Waals surface area contributed by atoms with Gasteiger partial charge in [0.1, 0.15) is 4.83 Å². The van der Waals surface area contributed by atoms with E-state index >= 15 is 0 Å². The molecule has 3 rings (SSSR count). The minimum atomic E-state index is -0.482. The van der Waals surface area contributed by atoms with Crippen molar-refractivity contribution < 1.29 is 4.79 Å². The Bertz CT molecular complexity index is 968. The number of rotatable bonds is 6. The molecule has 0 aliphatic rings. The first-order valence-electron chi connectivity index (χ1n) is 7.43. The Morgan fingerprint density at radius 2 is 2.24 bits per heavy atom. The van der Waals surface area contributed by atoms with E-state index in [2.05, 4.69) is 26.8 Å². The smallest absolute Gasteiger partial charge is 0.263 e. The number of anilines is 1. The molecular weight excluding hydrogens is 358 g/mol. The van der Waals surface area contributed by atoms with E-state index in [0.717, 1.165) is 0 Å². The molecule has 7 nitrogen and oxygen atoms in total. The lowest BCUT2D eigenvalue weighted by atomic mass is 10.4. The molecule has 1 N–H and O–H groups in total. The SMILES string of the molecule is C=CCn1c(SC(C)C(=O)Nc2ncccn2)nc2sccc2c1=O. The summed E-state index contributed by atoms with van der Waals surface area (Å²) >= 11 is 2.61. The maximum absolute atomic E-state index is 12.6. The minimum absolute atomic E-state index is 0.132. The molecule has 3 aromatic rings. The number of aromatic nitrogens is 4. The summed E-state index contributed by atoms with van der Waals surface area (Å²) in [5.41, 5.74) is -0.132. The van der Waals surface area contributed by atoms with Gasteiger partial charge in [-0.2, -0.15) is 0 Å². The number of fused-ring (bicyclic) bond motifs is 1. The molecule has 1 amide bonds. The Morgan fingerprint density at radius 3 is 2.96 bits per heavy atom. The molecule has 0 bridgehead atoms. The topological polar surface area (TPSA) is 89.8 Å². The molecular formula is C16H15N5O2S2. The maximum Gasteiger partial charge on any atom is 0.263 e. The van der Waals surface area contributed by atoms with Gasteiger partial charge in [0.15, 0.2) is 5.16 Å². The number of thiophene rings is 1. The van der Waals surface area contributed by atoms with Gasteiger partial charge in [0, 0.05) is 18.9 Å². The number of carbonyl (C=O) groups excluding carboxylic acids is 1. The lowest BCUT2D eigenvalue weighted by molar-refractivity contribution is -0.115. The lowest BCUT2D eigenvalue weighted by Crippen LogP contribution is -2.27. The van der Waals surface area contributed by atoms with Crippen molar-refractivity contribution in [3.8, 4) is 0 Å². The Labute approximate surface area is 151 Å². The van der Waals surface area contributed by atoms with E-state index in [-0.39, 0.29) is 17.4 Å². The quantitative estimate of drug-likeness (QED) is 0.406. The molecule has 9 heteroatoms. The fraction of sp³-hybridized carbons (Fsp3) is 0.188. The number of allylic oxidation sites excluding steroid dienone is 1. The van der Waals surface area contributed by atoms with E-state index in [1.807, 2.05) is 5.38 Å². The van der Waals surface area contributed by atoms with E-state index in [4.69, 9.17) is 0 Å². The molecule has 0 aromatic carbocycles. The molecule has 128 valence electrons. The van der Waals surface area contributed by atoms with Crippen molar-refractivity contribution in [1.29, 1.82) is 0 Å². The third kappa shape index (κ3) is 3.77. The normalized spacial score (nSPS) is 12.0. The summed E-state index contributed by atoms with van der Waals surface area (Å²) in [6.45, 7) is 5.76. The average molecular weight is 373 g/mol. The van der Waals surface area contributed by atoms with Crippen LogP contribution in [-0.2, 0) is 11.3 Å². The summed E-state index contributed by atoms with van der Waals surface area (Å²) in [5.74, 6) is -0.0213. The summed E-state index contributed by atoms with van der Waals surface area (Å²) < 4.78 is 1.52. The van der Waals surface area contributed by atoms with Crippen LogP contribution >= 0.6 is 23.1 Å². The van der Waals surface area contributed by atoms with Crippen molar-refractivity contribution in [2.24, 2.45) is 0 Å². The summed E-state index contributed by atoms with van der Waals surface area (Å²) in [7, 11) is 0. The van der Waals surface area contributed by atoms with Crippen LogP contribution in [0.15, 0.2) is 52.5 Å². The summed E-state index contributed by atoms with van der Waals surface area (Å²) in [4.78, 5) is 38.1. The van der Waals surface area contributed by atoms with Gasteiger partial charge in [-0.15, -0.1) is 17.9 Å². The second kappa shape index (κ2) is 7.58. The third-order valence-electron chi connectivity index (χ3n) is 3.31. The summed E-state index contributed by atoms with van der Waals surface area (Å²) in [6, 6.07) is 3.42. The molecule has 0 fully saturated rings. The van der Waals surface area contributed by atoms with E-state index in [1.165, 1.54) is 27.7 Å². The maximum atomic E-state index is 12.6. The molecule has 25 heavy (non-hydrogen) atoms. The molecule has 3 aromatic heterocycles. The van der Waals surface area contributed by atoms with Crippen LogP contribution in [-0.4, -0.2) is 30.7 Å². The molecule has 0 saturated heterocycles. The molecule has 0 saturated carbocycles. The second-order valence-electron chi connectivity index (χ2n) is 5.06. The number of thioether (sulfide) groups is 1. The highest BCUT2D eigenvalue weighted by atomic mass is 32.2. The number of amides is 1. The molecule has 3 heterocycles. The molecule has 0 aliphatic carbocycles. The van der Waals surface area contributed by atoms with Crippen molar-refractivity contribution in [2.75, 3.05) is 5.32 Å². The van der Waals surface area contributed by atoms with Crippen molar-refractivity contribution in [1.82, 2.24) is 19.5 Å². The van der Waals surface area contributed by atoms with Crippen molar-refractivity contribution in [2.45, 2.75) is 23.9 Å². The van der Waals surface area contributed by atoms with Crippen LogP contribution in [0.4, 0.5) is 5.95 Å². The Morgan fingerprint density at radius 1 is 1.48 bits per heavy atom. The Kier molecular flexibility index (Phi) is 5.25. The second-order valence-corrected chi connectivity index (χ2v) is 7.26. The summed E-state index contributed by atoms with van der Waals surface area (Å²) in [5, 5.41) is 5.05. The van der Waals surface area contributed by atoms with E-state index in [9.17, 15) is 9.59 Å². The predicted octanol–water partition coefficient (Wildman–Crippen LogP) is 2.55. The van der Waals surface area contributed by atoms with E-state index < -0.39 is 5.25 Å². The molecule has 0 radical (unpaired) electrons. The van der Waals surface area contributed by atoms with E-state index in [0.29, 0.717) is 21.9 Å². The van der Waals surface area contributed by atoms with Gasteiger partial charge in [0.25, 0.3) is 5.56 Å². The van der Waals surface area contributed by atoms with Crippen LogP contribution in [0.5, 0.6) is 0 Å². The van der Waals surface area contributed by atoms with Gasteiger partial charge in [-0.25, -0.2) is 15.0 Å². The van der Waals surface area contributed by atoms with Crippen molar-refractivity contribution >= 4 is 45.2 Å². The zero-order valence-electron chi connectivity index (χ0n) is 13.4. The number of hydrogen-bond acceptors (Lipinski definition) is 7. The summed E-state index contributed by atoms with van der Waals surface area (Å²) in [6.07, 6.45) is 4.73. The fourth-order valence-corrected chi connectivity index (χ4v) is 3.82. The van der Waals surface area contributed by atoms with Gasteiger partial charge in [0.2, 0.25) is 11.9 Å². The zero-order valence-corrected chi connectivity index (χ0v) is 15.0. The first-order chi connectivity index (χ1) is 12.1. The minimum Gasteiger partial charge on any atom is -0.294 e. The van der Waals surface area contributed by atoms with Crippen molar-refractivity contribution in [3.05, 3.63) is 52.9 Å². The van der Waals surface area contributed by atoms with Gasteiger partial charge < -0.3 is 0 Å². The van der Waals surface area contributed by atoms with Crippen molar-refractivity contribution in [3.63, 3.8) is 0 Å². The lowest BCUT2D eigenvalue weighted by Gasteiger charge is -2.14. The van der Waals surface area contributed by atoms with Crippen LogP contribution in [0.2, 0.25) is 0 Å². The van der Waals surface area contributed by atoms with Gasteiger partial charge in [0.05, 0.1) is 10.6 Å². The van der Waals surface area contributed by atoms with Crippen LogP contribution in [0, 0.1) is 0 Å². The first-order valence-corrected chi connectivity index (χ1v) is 9.19. The van der Waals surface area contributed by atoms with Crippen LogP contribution in [0.3, 0.4) is 0 Å². The average Bonchev–Trinajstić information content (AvgIpc) is 3.08.